The summed E-state index contributed by atoms with van der Waals surface area (Å²) in [4.78, 5) is 3.60. The fourth-order valence-corrected chi connectivity index (χ4v) is 1.92. The number of aromatic nitrogens is 1. The molecule has 0 saturated heterocycles. The molecule has 2 aromatic rings. The van der Waals surface area contributed by atoms with Crippen molar-refractivity contribution in [2.24, 2.45) is 0 Å². The van der Waals surface area contributed by atoms with E-state index in [0.29, 0.717) is 6.20 Å². The molecule has 1 aromatic heterocycles. The van der Waals surface area contributed by atoms with Gasteiger partial charge in [-0.15, -0.1) is 0 Å². The summed E-state index contributed by atoms with van der Waals surface area (Å²) in [6, 6.07) is 4.90. The minimum absolute atomic E-state index is 0.0419. The molecule has 0 fully saturated rings. The van der Waals surface area contributed by atoms with E-state index in [1.54, 1.807) is 0 Å². The molecule has 106 valence electrons. The van der Waals surface area contributed by atoms with Crippen LogP contribution in [0.3, 0.4) is 0 Å². The van der Waals surface area contributed by atoms with Crippen molar-refractivity contribution in [2.75, 3.05) is 0 Å². The zero-order valence-electron chi connectivity index (χ0n) is 9.58. The number of aromatic hydroxyl groups is 1. The van der Waals surface area contributed by atoms with Gasteiger partial charge in [-0.1, -0.05) is 11.6 Å². The van der Waals surface area contributed by atoms with Gasteiger partial charge in [0.25, 0.3) is 0 Å². The van der Waals surface area contributed by atoms with E-state index in [4.69, 9.17) is 16.3 Å². The van der Waals surface area contributed by atoms with Crippen molar-refractivity contribution < 1.29 is 23.0 Å². The second kappa shape index (κ2) is 5.49. The third kappa shape index (κ3) is 3.34. The number of benzene rings is 1. The Morgan fingerprint density at radius 1 is 1.25 bits per heavy atom. The largest absolute Gasteiger partial charge is 0.506 e. The fraction of sp³-hybridized carbons (Fsp3) is 0.0833. The number of phenols is 1. The third-order valence-corrected chi connectivity index (χ3v) is 3.14. The van der Waals surface area contributed by atoms with Crippen molar-refractivity contribution in [2.45, 2.75) is 6.18 Å². The highest BCUT2D eigenvalue weighted by Crippen LogP contribution is 2.36. The summed E-state index contributed by atoms with van der Waals surface area (Å²) in [5, 5.41) is 9.31. The van der Waals surface area contributed by atoms with Crippen molar-refractivity contribution in [3.63, 3.8) is 0 Å². The summed E-state index contributed by atoms with van der Waals surface area (Å²) >= 11 is 8.65. The van der Waals surface area contributed by atoms with Crippen LogP contribution in [0.5, 0.6) is 17.4 Å². The van der Waals surface area contributed by atoms with E-state index in [-0.39, 0.29) is 26.9 Å². The van der Waals surface area contributed by atoms with Crippen molar-refractivity contribution >= 4 is 27.5 Å². The Balaban J connectivity index is 2.28. The summed E-state index contributed by atoms with van der Waals surface area (Å²) in [7, 11) is 0. The van der Waals surface area contributed by atoms with Gasteiger partial charge < -0.3 is 9.84 Å². The van der Waals surface area contributed by atoms with Crippen molar-refractivity contribution in [3.05, 3.63) is 45.5 Å². The molecule has 0 saturated carbocycles. The van der Waals surface area contributed by atoms with Gasteiger partial charge >= 0.3 is 6.18 Å². The lowest BCUT2D eigenvalue weighted by Crippen LogP contribution is -2.05. The van der Waals surface area contributed by atoms with Crippen LogP contribution in [-0.4, -0.2) is 10.1 Å². The van der Waals surface area contributed by atoms with Crippen molar-refractivity contribution in [1.82, 2.24) is 4.98 Å². The Labute approximate surface area is 125 Å². The lowest BCUT2D eigenvalue weighted by molar-refractivity contribution is -0.137. The molecule has 0 aliphatic carbocycles. The first-order valence-corrected chi connectivity index (χ1v) is 6.33. The molecule has 0 amide bonds. The van der Waals surface area contributed by atoms with E-state index in [2.05, 4.69) is 20.9 Å². The van der Waals surface area contributed by atoms with E-state index >= 15 is 0 Å². The average Bonchev–Trinajstić information content (AvgIpc) is 2.35. The van der Waals surface area contributed by atoms with Crippen LogP contribution in [0.4, 0.5) is 13.2 Å². The molecular weight excluding hydrogens is 362 g/mol. The van der Waals surface area contributed by atoms with Crippen molar-refractivity contribution in [1.29, 1.82) is 0 Å². The Morgan fingerprint density at radius 3 is 2.50 bits per heavy atom. The lowest BCUT2D eigenvalue weighted by Gasteiger charge is -2.10. The molecule has 2 rings (SSSR count). The molecular formula is C12H6BrClF3NO2. The van der Waals surface area contributed by atoms with Gasteiger partial charge in [-0.2, -0.15) is 13.2 Å². The van der Waals surface area contributed by atoms with Crippen LogP contribution in [0.15, 0.2) is 34.9 Å². The van der Waals surface area contributed by atoms with Gasteiger partial charge in [-0.05, 0) is 34.1 Å². The van der Waals surface area contributed by atoms with Gasteiger partial charge in [0.05, 0.1) is 15.1 Å². The number of rotatable bonds is 2. The maximum absolute atomic E-state index is 12.5. The number of pyridine rings is 1. The van der Waals surface area contributed by atoms with Gasteiger partial charge in [0.2, 0.25) is 5.88 Å². The Bertz CT molecular complexity index is 649. The van der Waals surface area contributed by atoms with Gasteiger partial charge in [-0.3, -0.25) is 0 Å². The van der Waals surface area contributed by atoms with E-state index in [1.807, 2.05) is 0 Å². The first-order valence-electron chi connectivity index (χ1n) is 5.16. The molecule has 0 radical (unpaired) electrons. The number of alkyl halides is 3. The molecule has 0 bridgehead atoms. The molecule has 0 aliphatic rings. The molecule has 0 atom stereocenters. The lowest BCUT2D eigenvalue weighted by atomic mass is 10.3. The van der Waals surface area contributed by atoms with Crippen LogP contribution in [-0.2, 0) is 6.18 Å². The van der Waals surface area contributed by atoms with E-state index < -0.39 is 11.7 Å². The van der Waals surface area contributed by atoms with Gasteiger partial charge in [0.15, 0.2) is 0 Å². The van der Waals surface area contributed by atoms with E-state index in [1.165, 1.54) is 18.2 Å². The molecule has 3 nitrogen and oxygen atoms in total. The highest BCUT2D eigenvalue weighted by atomic mass is 79.9. The molecule has 1 aromatic carbocycles. The van der Waals surface area contributed by atoms with Gasteiger partial charge in [0.1, 0.15) is 11.5 Å². The number of hydrogen-bond donors (Lipinski definition) is 1. The van der Waals surface area contributed by atoms with Crippen LogP contribution < -0.4 is 4.74 Å². The number of halogens is 5. The summed E-state index contributed by atoms with van der Waals surface area (Å²) in [6.45, 7) is 0. The Morgan fingerprint density at radius 2 is 1.95 bits per heavy atom. The first-order chi connectivity index (χ1) is 9.27. The van der Waals surface area contributed by atoms with Crippen LogP contribution in [0.1, 0.15) is 5.56 Å². The zero-order valence-corrected chi connectivity index (χ0v) is 11.9. The zero-order chi connectivity index (χ0) is 14.9. The molecule has 1 N–H and O–H groups in total. The molecule has 0 spiro atoms. The fourth-order valence-electron chi connectivity index (χ4n) is 1.32. The first kappa shape index (κ1) is 14.9. The van der Waals surface area contributed by atoms with Crippen molar-refractivity contribution in [3.8, 4) is 17.4 Å². The highest BCUT2D eigenvalue weighted by Gasteiger charge is 2.31. The quantitative estimate of drug-likeness (QED) is 0.810. The third-order valence-electron chi connectivity index (χ3n) is 2.27. The predicted octanol–water partition coefficient (Wildman–Crippen LogP) is 5.01. The predicted molar refractivity (Wildman–Crippen MR) is 70.1 cm³/mol. The number of ether oxygens (including phenoxy) is 1. The topological polar surface area (TPSA) is 42.4 Å². The monoisotopic (exact) mass is 367 g/mol. The smallest absolute Gasteiger partial charge is 0.417 e. The summed E-state index contributed by atoms with van der Waals surface area (Å²) in [5.41, 5.74) is -0.888. The van der Waals surface area contributed by atoms with Gasteiger partial charge in [0, 0.05) is 12.3 Å². The van der Waals surface area contributed by atoms with Gasteiger partial charge in [-0.25, -0.2) is 4.98 Å². The van der Waals surface area contributed by atoms with Crippen LogP contribution in [0, 0.1) is 0 Å². The minimum atomic E-state index is -4.48. The standard InChI is InChI=1S/C12H6BrClF3NO2/c13-8-3-6(12(15,16)17)5-18-11(8)20-7-1-2-10(19)9(14)4-7/h1-5,19H. The highest BCUT2D eigenvalue weighted by molar-refractivity contribution is 9.10. The summed E-state index contributed by atoms with van der Waals surface area (Å²) < 4.78 is 42.8. The SMILES string of the molecule is Oc1ccc(Oc2ncc(C(F)(F)F)cc2Br)cc1Cl. The van der Waals surface area contributed by atoms with Crippen LogP contribution >= 0.6 is 27.5 Å². The maximum Gasteiger partial charge on any atom is 0.417 e. The minimum Gasteiger partial charge on any atom is -0.506 e. The molecule has 8 heteroatoms. The van der Waals surface area contributed by atoms with E-state index in [9.17, 15) is 18.3 Å². The maximum atomic E-state index is 12.5. The summed E-state index contributed by atoms with van der Waals surface area (Å²) in [5.74, 6) is 0.0685. The molecule has 20 heavy (non-hydrogen) atoms. The molecule has 1 heterocycles. The Kier molecular flexibility index (Phi) is 4.10. The van der Waals surface area contributed by atoms with Crippen LogP contribution in [0.25, 0.3) is 0 Å². The van der Waals surface area contributed by atoms with Crippen LogP contribution in [0.2, 0.25) is 5.02 Å². The summed E-state index contributed by atoms with van der Waals surface area (Å²) in [6.07, 6.45) is -3.81. The normalized spacial score (nSPS) is 11.4. The molecule has 0 aliphatic heterocycles. The molecule has 0 unspecified atom stereocenters. The second-order valence-electron chi connectivity index (χ2n) is 3.72. The number of phenolic OH excluding ortho intramolecular Hbond substituents is 1. The second-order valence-corrected chi connectivity index (χ2v) is 4.99. The Hall–Kier alpha value is -1.47. The number of nitrogens with zero attached hydrogens (tertiary/aromatic N) is 1. The average molecular weight is 369 g/mol. The number of hydrogen-bond acceptors (Lipinski definition) is 3. The van der Waals surface area contributed by atoms with E-state index in [0.717, 1.165) is 6.07 Å².